The summed E-state index contributed by atoms with van der Waals surface area (Å²) in [5.74, 6) is -1.42. The van der Waals surface area contributed by atoms with Gasteiger partial charge >= 0.3 is 11.9 Å². The van der Waals surface area contributed by atoms with E-state index in [4.69, 9.17) is 30.6 Å². The number of rotatable bonds is 5. The number of carbonyl (C=O) groups is 2. The molecule has 0 aliphatic carbocycles. The Bertz CT molecular complexity index is 274. The normalized spacial score (nSPS) is 8.00. The fraction of sp³-hybridized carbons (Fsp3) is 0.571. The van der Waals surface area contributed by atoms with Gasteiger partial charge in [-0.05, 0) is 13.8 Å². The van der Waals surface area contributed by atoms with Crippen LogP contribution in [0.15, 0.2) is 24.3 Å². The van der Waals surface area contributed by atoms with E-state index in [1.807, 2.05) is 0 Å². The molecule has 9 nitrogen and oxygen atoms in total. The van der Waals surface area contributed by atoms with Crippen molar-refractivity contribution in [2.75, 3.05) is 39.6 Å². The second-order valence-corrected chi connectivity index (χ2v) is 3.58. The van der Waals surface area contributed by atoms with Crippen molar-refractivity contribution < 1.29 is 45.0 Å². The average Bonchev–Trinajstić information content (AvgIpc) is 2.55. The average molecular weight is 340 g/mol. The van der Waals surface area contributed by atoms with Crippen LogP contribution < -0.4 is 0 Å². The highest BCUT2D eigenvalue weighted by molar-refractivity contribution is 6.00. The minimum absolute atomic E-state index is 0.125. The first-order chi connectivity index (χ1) is 10.7. The second kappa shape index (κ2) is 25.3. The predicted molar refractivity (Wildman–Crippen MR) is 83.2 cm³/mol. The zero-order valence-corrected chi connectivity index (χ0v) is 13.6. The Labute approximate surface area is 135 Å². The van der Waals surface area contributed by atoms with Crippen molar-refractivity contribution in [3.05, 3.63) is 24.3 Å². The maximum atomic E-state index is 10.7. The highest BCUT2D eigenvalue weighted by Gasteiger charge is 2.10. The molecule has 0 radical (unpaired) electrons. The van der Waals surface area contributed by atoms with Crippen LogP contribution in [0.4, 0.5) is 0 Å². The van der Waals surface area contributed by atoms with Crippen LogP contribution in [0.3, 0.4) is 0 Å². The molecule has 0 aromatic rings. The van der Waals surface area contributed by atoms with Gasteiger partial charge < -0.3 is 35.4 Å². The summed E-state index contributed by atoms with van der Waals surface area (Å²) < 4.78 is 4.30. The van der Waals surface area contributed by atoms with Crippen molar-refractivity contribution in [1.29, 1.82) is 0 Å². The fourth-order valence-corrected chi connectivity index (χ4v) is 0.258. The molecule has 0 spiro atoms. The van der Waals surface area contributed by atoms with E-state index >= 15 is 0 Å². The van der Waals surface area contributed by atoms with Gasteiger partial charge in [0.1, 0.15) is 0 Å². The third-order valence-corrected chi connectivity index (χ3v) is 1.18. The van der Waals surface area contributed by atoms with E-state index in [0.717, 1.165) is 0 Å². The number of hydrogen-bond donors (Lipinski definition) is 6. The molecule has 0 bridgehead atoms. The van der Waals surface area contributed by atoms with Crippen LogP contribution in [0.2, 0.25) is 0 Å². The van der Waals surface area contributed by atoms with Gasteiger partial charge in [-0.25, -0.2) is 9.59 Å². The minimum atomic E-state index is -0.710. The molecule has 9 heteroatoms. The molecule has 0 atom stereocenters. The summed E-state index contributed by atoms with van der Waals surface area (Å²) >= 11 is 0. The Hall–Kier alpha value is -1.62. The largest absolute Gasteiger partial charge is 0.394 e. The SMILES string of the molecule is C=C(C)C(=O)OC(=O)C(=C)C.OCCO.OCCO.OCCO. The molecule has 23 heavy (non-hydrogen) atoms. The van der Waals surface area contributed by atoms with Crippen LogP contribution in [0.1, 0.15) is 13.8 Å². The van der Waals surface area contributed by atoms with Crippen LogP contribution in [0.25, 0.3) is 0 Å². The molecule has 0 saturated carbocycles. The Morgan fingerprint density at radius 3 is 0.913 bits per heavy atom. The van der Waals surface area contributed by atoms with Crippen LogP contribution in [0, 0.1) is 0 Å². The molecular weight excluding hydrogens is 312 g/mol. The Kier molecular flexibility index (Phi) is 32.4. The molecule has 0 unspecified atom stereocenters. The molecule has 138 valence electrons. The number of hydrogen-bond acceptors (Lipinski definition) is 9. The van der Waals surface area contributed by atoms with Crippen LogP contribution in [0.5, 0.6) is 0 Å². The molecular formula is C14H28O9. The van der Waals surface area contributed by atoms with E-state index in [0.29, 0.717) is 0 Å². The first kappa shape index (κ1) is 29.4. The molecule has 0 aromatic carbocycles. The lowest BCUT2D eigenvalue weighted by molar-refractivity contribution is -0.153. The molecule has 0 amide bonds. The first-order valence-corrected chi connectivity index (χ1v) is 6.42. The highest BCUT2D eigenvalue weighted by atomic mass is 16.6. The van der Waals surface area contributed by atoms with Crippen molar-refractivity contribution in [2.24, 2.45) is 0 Å². The summed E-state index contributed by atoms with van der Waals surface area (Å²) in [6.45, 7) is 8.80. The van der Waals surface area contributed by atoms with Crippen molar-refractivity contribution >= 4 is 11.9 Å². The zero-order valence-electron chi connectivity index (χ0n) is 13.6. The number of aliphatic hydroxyl groups is 6. The third kappa shape index (κ3) is 38.5. The molecule has 0 saturated heterocycles. The topological polar surface area (TPSA) is 165 Å². The van der Waals surface area contributed by atoms with E-state index in [1.165, 1.54) is 13.8 Å². The van der Waals surface area contributed by atoms with Gasteiger partial charge in [-0.1, -0.05) is 13.2 Å². The van der Waals surface area contributed by atoms with E-state index in [9.17, 15) is 9.59 Å². The van der Waals surface area contributed by atoms with E-state index in [1.54, 1.807) is 0 Å². The number of esters is 2. The van der Waals surface area contributed by atoms with Gasteiger partial charge in [0.25, 0.3) is 0 Å². The van der Waals surface area contributed by atoms with Crippen LogP contribution in [-0.2, 0) is 14.3 Å². The maximum absolute atomic E-state index is 10.7. The van der Waals surface area contributed by atoms with Crippen molar-refractivity contribution in [3.63, 3.8) is 0 Å². The Morgan fingerprint density at radius 2 is 0.826 bits per heavy atom. The molecule has 6 N–H and O–H groups in total. The standard InChI is InChI=1S/C8H10O3.3C2H6O2/c1-5(2)7(9)11-8(10)6(3)4;3*3-1-2-4/h1,3H2,2,4H3;3*3-4H,1-2H2. The van der Waals surface area contributed by atoms with Crippen LogP contribution in [-0.4, -0.2) is 82.2 Å². The van der Waals surface area contributed by atoms with E-state index < -0.39 is 11.9 Å². The molecule has 0 fully saturated rings. The molecule has 0 aliphatic rings. The maximum Gasteiger partial charge on any atom is 0.340 e. The van der Waals surface area contributed by atoms with Gasteiger partial charge in [0.15, 0.2) is 0 Å². The first-order valence-electron chi connectivity index (χ1n) is 6.42. The van der Waals surface area contributed by atoms with Gasteiger partial charge in [0.2, 0.25) is 0 Å². The Balaban J connectivity index is -0.000000124. The number of ether oxygens (including phenoxy) is 1. The van der Waals surface area contributed by atoms with Crippen molar-refractivity contribution in [1.82, 2.24) is 0 Å². The molecule has 0 aromatic heterocycles. The number of carbonyl (C=O) groups excluding carboxylic acids is 2. The predicted octanol–water partition coefficient (Wildman–Crippen LogP) is -1.88. The van der Waals surface area contributed by atoms with Gasteiger partial charge in [0, 0.05) is 11.1 Å². The fourth-order valence-electron chi connectivity index (χ4n) is 0.258. The number of aliphatic hydroxyl groups excluding tert-OH is 6. The van der Waals surface area contributed by atoms with Gasteiger partial charge in [-0.3, -0.25) is 0 Å². The lowest BCUT2D eigenvalue weighted by atomic mass is 10.3. The summed E-state index contributed by atoms with van der Waals surface area (Å²) in [5, 5.41) is 45.8. The minimum Gasteiger partial charge on any atom is -0.394 e. The summed E-state index contributed by atoms with van der Waals surface area (Å²) in [6.07, 6.45) is 0. The second-order valence-electron chi connectivity index (χ2n) is 3.58. The molecule has 0 rings (SSSR count). The summed E-state index contributed by atoms with van der Waals surface area (Å²) in [7, 11) is 0. The Morgan fingerprint density at radius 1 is 0.652 bits per heavy atom. The smallest absolute Gasteiger partial charge is 0.340 e. The quantitative estimate of drug-likeness (QED) is 0.191. The van der Waals surface area contributed by atoms with E-state index in [-0.39, 0.29) is 50.8 Å². The lowest BCUT2D eigenvalue weighted by Gasteiger charge is -1.99. The van der Waals surface area contributed by atoms with Crippen molar-refractivity contribution in [2.45, 2.75) is 13.8 Å². The van der Waals surface area contributed by atoms with Gasteiger partial charge in [0.05, 0.1) is 39.6 Å². The summed E-state index contributed by atoms with van der Waals surface area (Å²) in [5.41, 5.74) is 0.388. The summed E-state index contributed by atoms with van der Waals surface area (Å²) in [4.78, 5) is 21.3. The lowest BCUT2D eigenvalue weighted by Crippen LogP contribution is -2.12. The molecule has 0 aliphatic heterocycles. The van der Waals surface area contributed by atoms with Gasteiger partial charge in [-0.2, -0.15) is 0 Å². The third-order valence-electron chi connectivity index (χ3n) is 1.18. The zero-order chi connectivity index (χ0) is 19.3. The van der Waals surface area contributed by atoms with E-state index in [2.05, 4.69) is 17.9 Å². The monoisotopic (exact) mass is 340 g/mol. The van der Waals surface area contributed by atoms with Crippen molar-refractivity contribution in [3.8, 4) is 0 Å². The van der Waals surface area contributed by atoms with Crippen LogP contribution >= 0.6 is 0 Å². The summed E-state index contributed by atoms with van der Waals surface area (Å²) in [6, 6.07) is 0. The highest BCUT2D eigenvalue weighted by Crippen LogP contribution is 1.97. The molecule has 0 heterocycles. The van der Waals surface area contributed by atoms with Gasteiger partial charge in [-0.15, -0.1) is 0 Å².